The van der Waals surface area contributed by atoms with Gasteiger partial charge in [-0.05, 0) is 24.5 Å². The summed E-state index contributed by atoms with van der Waals surface area (Å²) in [6, 6.07) is 12.5. The van der Waals surface area contributed by atoms with Gasteiger partial charge in [0.1, 0.15) is 0 Å². The first-order valence-electron chi connectivity index (χ1n) is 6.93. The average molecular weight is 271 g/mol. The van der Waals surface area contributed by atoms with E-state index < -0.39 is 0 Å². The Kier molecular flexibility index (Phi) is 5.50. The van der Waals surface area contributed by atoms with Crippen molar-refractivity contribution in [3.63, 3.8) is 0 Å². The predicted molar refractivity (Wildman–Crippen MR) is 80.8 cm³/mol. The number of methoxy groups -OCH3 is 1. The van der Waals surface area contributed by atoms with Gasteiger partial charge in [-0.25, -0.2) is 9.97 Å². The summed E-state index contributed by atoms with van der Waals surface area (Å²) in [5, 5.41) is 3.36. The van der Waals surface area contributed by atoms with Gasteiger partial charge in [-0.1, -0.05) is 37.3 Å². The average Bonchev–Trinajstić information content (AvgIpc) is 2.49. The van der Waals surface area contributed by atoms with Crippen LogP contribution in [0.3, 0.4) is 0 Å². The highest BCUT2D eigenvalue weighted by molar-refractivity contribution is 5.28. The van der Waals surface area contributed by atoms with E-state index in [0.29, 0.717) is 12.6 Å². The van der Waals surface area contributed by atoms with Crippen molar-refractivity contribution in [3.8, 4) is 0 Å². The minimum absolute atomic E-state index is 0.162. The zero-order chi connectivity index (χ0) is 14.2. The van der Waals surface area contributed by atoms with Crippen LogP contribution in [0, 0.1) is 0 Å². The topological polar surface area (TPSA) is 47.0 Å². The summed E-state index contributed by atoms with van der Waals surface area (Å²) in [4.78, 5) is 8.75. The second kappa shape index (κ2) is 7.60. The van der Waals surface area contributed by atoms with Gasteiger partial charge in [-0.2, -0.15) is 0 Å². The molecule has 1 unspecified atom stereocenters. The summed E-state index contributed by atoms with van der Waals surface area (Å²) in [5.41, 5.74) is 2.31. The monoisotopic (exact) mass is 271 g/mol. The van der Waals surface area contributed by atoms with E-state index >= 15 is 0 Å². The van der Waals surface area contributed by atoms with Crippen molar-refractivity contribution in [1.29, 1.82) is 0 Å². The molecule has 0 bridgehead atoms. The van der Waals surface area contributed by atoms with Gasteiger partial charge in [0, 0.05) is 19.0 Å². The third kappa shape index (κ3) is 4.31. The van der Waals surface area contributed by atoms with Gasteiger partial charge < -0.3 is 10.1 Å². The van der Waals surface area contributed by atoms with Crippen molar-refractivity contribution < 1.29 is 4.74 Å². The highest BCUT2D eigenvalue weighted by Crippen LogP contribution is 2.09. The predicted octanol–water partition coefficient (Wildman–Crippen LogP) is 2.71. The Morgan fingerprint density at radius 2 is 2.00 bits per heavy atom. The number of anilines is 1. The molecule has 0 aliphatic carbocycles. The molecule has 0 fully saturated rings. The molecule has 1 aromatic carbocycles. The lowest BCUT2D eigenvalue weighted by molar-refractivity contribution is 0.185. The molecule has 0 saturated heterocycles. The molecule has 4 nitrogen and oxygen atoms in total. The molecule has 2 aromatic rings. The summed E-state index contributed by atoms with van der Waals surface area (Å²) in [7, 11) is 1.71. The van der Waals surface area contributed by atoms with Gasteiger partial charge in [0.15, 0.2) is 0 Å². The summed E-state index contributed by atoms with van der Waals surface area (Å²) < 4.78 is 5.29. The lowest BCUT2D eigenvalue weighted by Crippen LogP contribution is -2.28. The van der Waals surface area contributed by atoms with Crippen molar-refractivity contribution in [2.24, 2.45) is 0 Å². The fourth-order valence-electron chi connectivity index (χ4n) is 2.10. The van der Waals surface area contributed by atoms with Crippen molar-refractivity contribution in [2.45, 2.75) is 25.8 Å². The van der Waals surface area contributed by atoms with E-state index in [1.54, 1.807) is 13.3 Å². The number of aryl methyl sites for hydroxylation is 1. The van der Waals surface area contributed by atoms with Crippen molar-refractivity contribution in [1.82, 2.24) is 9.97 Å². The summed E-state index contributed by atoms with van der Waals surface area (Å²) in [6.07, 6.45) is 3.58. The molecule has 20 heavy (non-hydrogen) atoms. The maximum atomic E-state index is 5.29. The highest BCUT2D eigenvalue weighted by Gasteiger charge is 2.11. The van der Waals surface area contributed by atoms with Crippen LogP contribution in [-0.4, -0.2) is 29.7 Å². The van der Waals surface area contributed by atoms with Crippen molar-refractivity contribution in [3.05, 3.63) is 53.9 Å². The van der Waals surface area contributed by atoms with Crippen molar-refractivity contribution in [2.75, 3.05) is 19.0 Å². The molecule has 1 heterocycles. The second-order valence-electron chi connectivity index (χ2n) is 4.71. The number of nitrogens with one attached hydrogen (secondary N) is 1. The molecule has 1 aromatic heterocycles. The molecule has 1 atom stereocenters. The molecule has 2 rings (SSSR count). The molecular formula is C16H21N3O. The zero-order valence-corrected chi connectivity index (χ0v) is 12.0. The lowest BCUT2D eigenvalue weighted by Gasteiger charge is -2.18. The summed E-state index contributed by atoms with van der Waals surface area (Å²) in [6.45, 7) is 2.71. The SMILES string of the molecule is CCc1ccnc(NC(COC)Cc2ccccc2)n1. The van der Waals surface area contributed by atoms with Gasteiger partial charge in [0.05, 0.1) is 12.6 Å². The van der Waals surface area contributed by atoms with Crippen LogP contribution in [0.1, 0.15) is 18.2 Å². The van der Waals surface area contributed by atoms with Gasteiger partial charge in [0.2, 0.25) is 5.95 Å². The molecule has 0 amide bonds. The van der Waals surface area contributed by atoms with Crippen LogP contribution in [0.4, 0.5) is 5.95 Å². The maximum Gasteiger partial charge on any atom is 0.223 e. The number of aromatic nitrogens is 2. The molecule has 0 aliphatic rings. The standard InChI is InChI=1S/C16H21N3O/c1-3-14-9-10-17-16(18-14)19-15(12-20-2)11-13-7-5-4-6-8-13/h4-10,15H,3,11-12H2,1-2H3,(H,17,18,19). The first-order valence-corrected chi connectivity index (χ1v) is 6.93. The lowest BCUT2D eigenvalue weighted by atomic mass is 10.1. The number of ether oxygens (including phenoxy) is 1. The smallest absolute Gasteiger partial charge is 0.223 e. The summed E-state index contributed by atoms with van der Waals surface area (Å²) >= 11 is 0. The van der Waals surface area contributed by atoms with E-state index in [0.717, 1.165) is 18.5 Å². The van der Waals surface area contributed by atoms with E-state index in [1.165, 1.54) is 5.56 Å². The Bertz CT molecular complexity index is 516. The van der Waals surface area contributed by atoms with Gasteiger partial charge in [-0.15, -0.1) is 0 Å². The van der Waals surface area contributed by atoms with Gasteiger partial charge in [0.25, 0.3) is 0 Å². The quantitative estimate of drug-likeness (QED) is 0.841. The third-order valence-corrected chi connectivity index (χ3v) is 3.10. The van der Waals surface area contributed by atoms with E-state index in [1.807, 2.05) is 24.3 Å². The third-order valence-electron chi connectivity index (χ3n) is 3.10. The molecule has 0 saturated carbocycles. The van der Waals surface area contributed by atoms with Gasteiger partial charge in [-0.3, -0.25) is 0 Å². The van der Waals surface area contributed by atoms with Crippen LogP contribution < -0.4 is 5.32 Å². The van der Waals surface area contributed by atoms with Crippen molar-refractivity contribution >= 4 is 5.95 Å². The number of hydrogen-bond acceptors (Lipinski definition) is 4. The fraction of sp³-hybridized carbons (Fsp3) is 0.375. The largest absolute Gasteiger partial charge is 0.383 e. The Balaban J connectivity index is 2.04. The Morgan fingerprint density at radius 3 is 2.70 bits per heavy atom. The molecule has 4 heteroatoms. The number of nitrogens with zero attached hydrogens (tertiary/aromatic N) is 2. The molecule has 1 N–H and O–H groups in total. The molecule has 106 valence electrons. The number of hydrogen-bond donors (Lipinski definition) is 1. The van der Waals surface area contributed by atoms with E-state index in [2.05, 4.69) is 34.3 Å². The van der Waals surface area contributed by atoms with Crippen LogP contribution in [0.2, 0.25) is 0 Å². The Hall–Kier alpha value is -1.94. The maximum absolute atomic E-state index is 5.29. The number of rotatable bonds is 7. The fourth-order valence-corrected chi connectivity index (χ4v) is 2.10. The van der Waals surface area contributed by atoms with E-state index in [-0.39, 0.29) is 6.04 Å². The van der Waals surface area contributed by atoms with Crippen LogP contribution in [-0.2, 0) is 17.6 Å². The minimum atomic E-state index is 0.162. The molecule has 0 aliphatic heterocycles. The number of benzene rings is 1. The second-order valence-corrected chi connectivity index (χ2v) is 4.71. The first kappa shape index (κ1) is 14.5. The van der Waals surface area contributed by atoms with Crippen LogP contribution in [0.25, 0.3) is 0 Å². The molecule has 0 spiro atoms. The molecule has 0 radical (unpaired) electrons. The summed E-state index contributed by atoms with van der Waals surface area (Å²) in [5.74, 6) is 0.669. The highest BCUT2D eigenvalue weighted by atomic mass is 16.5. The molecular weight excluding hydrogens is 250 g/mol. The first-order chi connectivity index (χ1) is 9.81. The van der Waals surface area contributed by atoms with Crippen LogP contribution >= 0.6 is 0 Å². The van der Waals surface area contributed by atoms with E-state index in [4.69, 9.17) is 4.74 Å². The van der Waals surface area contributed by atoms with E-state index in [9.17, 15) is 0 Å². The van der Waals surface area contributed by atoms with Gasteiger partial charge >= 0.3 is 0 Å². The zero-order valence-electron chi connectivity index (χ0n) is 12.0. The normalized spacial score (nSPS) is 12.1. The Labute approximate surface area is 120 Å². The Morgan fingerprint density at radius 1 is 1.20 bits per heavy atom. The van der Waals surface area contributed by atoms with Crippen LogP contribution in [0.15, 0.2) is 42.6 Å². The minimum Gasteiger partial charge on any atom is -0.383 e. The van der Waals surface area contributed by atoms with Crippen LogP contribution in [0.5, 0.6) is 0 Å².